The average molecular weight is 342 g/mol. The van der Waals surface area contributed by atoms with E-state index in [2.05, 4.69) is 62.0 Å². The van der Waals surface area contributed by atoms with E-state index in [9.17, 15) is 4.79 Å². The third-order valence-corrected chi connectivity index (χ3v) is 3.69. The van der Waals surface area contributed by atoms with Crippen LogP contribution in [0.5, 0.6) is 5.75 Å². The highest BCUT2D eigenvalue weighted by atomic mass is 16.5. The smallest absolute Gasteiger partial charge is 0.308 e. The Morgan fingerprint density at radius 2 is 1.56 bits per heavy atom. The Balaban J connectivity index is 2.65. The lowest BCUT2D eigenvalue weighted by Gasteiger charge is -2.30. The molecular formula is C19H26N4O2. The number of anilines is 2. The van der Waals surface area contributed by atoms with Crippen molar-refractivity contribution in [1.82, 2.24) is 15.2 Å². The van der Waals surface area contributed by atoms with Crippen LogP contribution in [0.3, 0.4) is 0 Å². The summed E-state index contributed by atoms with van der Waals surface area (Å²) < 4.78 is 5.62. The lowest BCUT2D eigenvalue weighted by atomic mass is 9.79. The van der Waals surface area contributed by atoms with Crippen LogP contribution in [-0.4, -0.2) is 21.2 Å². The van der Waals surface area contributed by atoms with Gasteiger partial charge in [-0.05, 0) is 23.0 Å². The van der Waals surface area contributed by atoms with Gasteiger partial charge in [-0.1, -0.05) is 41.5 Å². The molecule has 0 bridgehead atoms. The van der Waals surface area contributed by atoms with Crippen LogP contribution in [-0.2, 0) is 15.6 Å². The molecule has 0 aliphatic heterocycles. The monoisotopic (exact) mass is 342 g/mol. The van der Waals surface area contributed by atoms with Gasteiger partial charge in [-0.3, -0.25) is 4.79 Å². The fourth-order valence-corrected chi connectivity index (χ4v) is 2.50. The van der Waals surface area contributed by atoms with Crippen LogP contribution in [0.1, 0.15) is 59.6 Å². The number of hydrogen-bond acceptors (Lipinski definition) is 6. The van der Waals surface area contributed by atoms with Crippen molar-refractivity contribution in [3.63, 3.8) is 0 Å². The van der Waals surface area contributed by atoms with Crippen molar-refractivity contribution in [2.45, 2.75) is 59.3 Å². The van der Waals surface area contributed by atoms with E-state index in [4.69, 9.17) is 4.74 Å². The highest BCUT2D eigenvalue weighted by molar-refractivity contribution is 5.73. The zero-order chi connectivity index (χ0) is 18.8. The first kappa shape index (κ1) is 18.8. The maximum absolute atomic E-state index is 11.7. The van der Waals surface area contributed by atoms with Crippen molar-refractivity contribution in [3.8, 4) is 5.75 Å². The van der Waals surface area contributed by atoms with Crippen molar-refractivity contribution < 1.29 is 9.53 Å². The van der Waals surface area contributed by atoms with E-state index in [0.29, 0.717) is 11.7 Å². The first-order valence-corrected chi connectivity index (χ1v) is 8.26. The van der Waals surface area contributed by atoms with Crippen molar-refractivity contribution in [2.75, 3.05) is 5.32 Å². The minimum atomic E-state index is -0.327. The Hall–Kier alpha value is -2.50. The summed E-state index contributed by atoms with van der Waals surface area (Å²) in [6, 6.07) is 3.95. The van der Waals surface area contributed by atoms with E-state index in [-0.39, 0.29) is 16.8 Å². The van der Waals surface area contributed by atoms with Gasteiger partial charge < -0.3 is 10.1 Å². The summed E-state index contributed by atoms with van der Waals surface area (Å²) in [6.45, 7) is 14.0. The second-order valence-electron chi connectivity index (χ2n) is 8.09. The van der Waals surface area contributed by atoms with Crippen LogP contribution >= 0.6 is 0 Å². The predicted molar refractivity (Wildman–Crippen MR) is 98.3 cm³/mol. The topological polar surface area (TPSA) is 77.0 Å². The van der Waals surface area contributed by atoms with Gasteiger partial charge in [0.15, 0.2) is 0 Å². The van der Waals surface area contributed by atoms with Crippen LogP contribution in [0, 0.1) is 0 Å². The third kappa shape index (κ3) is 4.75. The number of nitrogens with one attached hydrogen (secondary N) is 1. The molecule has 2 aromatic rings. The summed E-state index contributed by atoms with van der Waals surface area (Å²) in [6.07, 6.45) is 3.11. The van der Waals surface area contributed by atoms with Gasteiger partial charge in [0, 0.05) is 23.7 Å². The number of aromatic nitrogens is 3. The molecule has 0 fully saturated rings. The van der Waals surface area contributed by atoms with Crippen LogP contribution < -0.4 is 10.1 Å². The first-order valence-electron chi connectivity index (χ1n) is 8.26. The summed E-state index contributed by atoms with van der Waals surface area (Å²) in [5.41, 5.74) is 2.30. The maximum Gasteiger partial charge on any atom is 0.308 e. The highest BCUT2D eigenvalue weighted by Crippen LogP contribution is 2.42. The summed E-state index contributed by atoms with van der Waals surface area (Å²) >= 11 is 0. The van der Waals surface area contributed by atoms with Crippen LogP contribution in [0.4, 0.5) is 11.6 Å². The number of carbonyl (C=O) groups excluding carboxylic acids is 1. The second-order valence-corrected chi connectivity index (χ2v) is 8.09. The molecule has 0 saturated heterocycles. The number of hydrogen-bond donors (Lipinski definition) is 1. The fraction of sp³-hybridized carbons (Fsp3) is 0.474. The molecule has 0 amide bonds. The molecule has 0 aliphatic rings. The summed E-state index contributed by atoms with van der Waals surface area (Å²) in [5, 5.41) is 11.0. The van der Waals surface area contributed by atoms with Gasteiger partial charge in [0.05, 0.1) is 12.4 Å². The molecular weight excluding hydrogens is 316 g/mol. The molecule has 1 aromatic carbocycles. The fourth-order valence-electron chi connectivity index (χ4n) is 2.50. The molecule has 2 rings (SSSR count). The first-order chi connectivity index (χ1) is 11.5. The molecule has 0 atom stereocenters. The lowest BCUT2D eigenvalue weighted by molar-refractivity contribution is -0.132. The number of carbonyl (C=O) groups is 1. The van der Waals surface area contributed by atoms with E-state index >= 15 is 0 Å². The standard InChI is InChI=1S/C19H26N4O2/c1-12(24)25-16-14(18(2,3)4)10-13(11-15(16)19(5,6)7)22-17-20-8-9-21-23-17/h8-11H,1-7H3,(H,20,22,23). The van der Waals surface area contributed by atoms with Crippen molar-refractivity contribution in [2.24, 2.45) is 0 Å². The van der Waals surface area contributed by atoms with E-state index < -0.39 is 0 Å². The van der Waals surface area contributed by atoms with Crippen LogP contribution in [0.2, 0.25) is 0 Å². The summed E-state index contributed by atoms with van der Waals surface area (Å²) in [5.74, 6) is 0.722. The molecule has 1 N–H and O–H groups in total. The highest BCUT2D eigenvalue weighted by Gasteiger charge is 2.29. The lowest BCUT2D eigenvalue weighted by Crippen LogP contribution is -2.21. The zero-order valence-corrected chi connectivity index (χ0v) is 16.0. The summed E-state index contributed by atoms with van der Waals surface area (Å²) in [4.78, 5) is 15.8. The molecule has 0 aliphatic carbocycles. The molecule has 1 aromatic heterocycles. The van der Waals surface area contributed by atoms with E-state index in [1.165, 1.54) is 13.1 Å². The number of benzene rings is 1. The third-order valence-electron chi connectivity index (χ3n) is 3.69. The van der Waals surface area contributed by atoms with Gasteiger partial charge in [-0.2, -0.15) is 5.10 Å². The molecule has 0 unspecified atom stereocenters. The van der Waals surface area contributed by atoms with Gasteiger partial charge in [0.25, 0.3) is 0 Å². The Morgan fingerprint density at radius 3 is 1.96 bits per heavy atom. The predicted octanol–water partition coefficient (Wildman–Crippen LogP) is 4.14. The Kier molecular flexibility index (Phi) is 5.11. The van der Waals surface area contributed by atoms with Gasteiger partial charge in [-0.25, -0.2) is 4.98 Å². The number of esters is 1. The molecule has 134 valence electrons. The van der Waals surface area contributed by atoms with E-state index in [1.807, 2.05) is 12.1 Å². The second kappa shape index (κ2) is 6.78. The zero-order valence-electron chi connectivity index (χ0n) is 16.0. The molecule has 25 heavy (non-hydrogen) atoms. The van der Waals surface area contributed by atoms with Gasteiger partial charge in [0.2, 0.25) is 5.95 Å². The van der Waals surface area contributed by atoms with Crippen molar-refractivity contribution in [3.05, 3.63) is 35.7 Å². The van der Waals surface area contributed by atoms with E-state index in [0.717, 1.165) is 16.8 Å². The molecule has 6 heteroatoms. The van der Waals surface area contributed by atoms with Crippen molar-refractivity contribution >= 4 is 17.6 Å². The number of nitrogens with zero attached hydrogens (tertiary/aromatic N) is 3. The van der Waals surface area contributed by atoms with Gasteiger partial charge in [0.1, 0.15) is 5.75 Å². The molecule has 1 heterocycles. The van der Waals surface area contributed by atoms with Gasteiger partial charge in [-0.15, -0.1) is 5.10 Å². The SMILES string of the molecule is CC(=O)Oc1c(C(C)(C)C)cc(Nc2nccnn2)cc1C(C)(C)C. The van der Waals surface area contributed by atoms with Crippen molar-refractivity contribution in [1.29, 1.82) is 0 Å². The molecule has 6 nitrogen and oxygen atoms in total. The quantitative estimate of drug-likeness (QED) is 0.667. The minimum Gasteiger partial charge on any atom is -0.426 e. The number of ether oxygens (including phenoxy) is 1. The van der Waals surface area contributed by atoms with Crippen LogP contribution in [0.25, 0.3) is 0 Å². The Morgan fingerprint density at radius 1 is 1.00 bits per heavy atom. The number of rotatable bonds is 3. The normalized spacial score (nSPS) is 12.0. The average Bonchev–Trinajstić information content (AvgIpc) is 2.46. The largest absolute Gasteiger partial charge is 0.426 e. The molecule has 0 spiro atoms. The molecule has 0 saturated carbocycles. The van der Waals surface area contributed by atoms with Gasteiger partial charge >= 0.3 is 5.97 Å². The maximum atomic E-state index is 11.7. The minimum absolute atomic E-state index is 0.210. The van der Waals surface area contributed by atoms with E-state index in [1.54, 1.807) is 6.20 Å². The Bertz CT molecular complexity index is 724. The Labute approximate surface area is 149 Å². The van der Waals surface area contributed by atoms with Crippen LogP contribution in [0.15, 0.2) is 24.5 Å². The molecule has 0 radical (unpaired) electrons. The summed E-state index contributed by atoms with van der Waals surface area (Å²) in [7, 11) is 0.